The number of benzene rings is 1. The van der Waals surface area contributed by atoms with Crippen LogP contribution in [0.25, 0.3) is 0 Å². The van der Waals surface area contributed by atoms with Crippen LogP contribution in [0.3, 0.4) is 0 Å². The minimum atomic E-state index is -1.13. The quantitative estimate of drug-likeness (QED) is 0.169. The number of aliphatic hydroxyl groups is 2. The molecule has 3 aromatic rings. The third kappa shape index (κ3) is 12.6. The van der Waals surface area contributed by atoms with Gasteiger partial charge in [0.05, 0.1) is 18.7 Å². The van der Waals surface area contributed by atoms with Crippen LogP contribution >= 0.6 is 11.3 Å². The van der Waals surface area contributed by atoms with E-state index in [2.05, 4.69) is 9.97 Å². The molecule has 1 aliphatic carbocycles. The summed E-state index contributed by atoms with van der Waals surface area (Å²) in [5.41, 5.74) is 1.77. The molecular formula is C39H55N5O5S. The Bertz CT molecular complexity index is 1440. The van der Waals surface area contributed by atoms with Gasteiger partial charge in [-0.15, -0.1) is 11.3 Å². The van der Waals surface area contributed by atoms with Gasteiger partial charge in [0, 0.05) is 62.9 Å². The van der Waals surface area contributed by atoms with Crippen LogP contribution in [0.4, 0.5) is 0 Å². The van der Waals surface area contributed by atoms with E-state index in [1.807, 2.05) is 67.8 Å². The molecule has 11 heteroatoms. The maximum atomic E-state index is 14.2. The van der Waals surface area contributed by atoms with E-state index in [9.17, 15) is 24.6 Å². The van der Waals surface area contributed by atoms with E-state index in [0.29, 0.717) is 31.7 Å². The highest BCUT2D eigenvalue weighted by Gasteiger charge is 2.37. The number of carbonyl (C=O) groups is 3. The summed E-state index contributed by atoms with van der Waals surface area (Å²) in [4.78, 5) is 55.0. The van der Waals surface area contributed by atoms with Crippen LogP contribution in [0.2, 0.25) is 0 Å². The fourth-order valence-corrected chi connectivity index (χ4v) is 7.36. The molecule has 10 nitrogen and oxygen atoms in total. The van der Waals surface area contributed by atoms with Crippen LogP contribution in [0, 0.1) is 11.8 Å². The molecule has 0 unspecified atom stereocenters. The Morgan fingerprint density at radius 1 is 0.880 bits per heavy atom. The van der Waals surface area contributed by atoms with Crippen LogP contribution in [-0.2, 0) is 33.9 Å². The maximum absolute atomic E-state index is 14.2. The molecule has 272 valence electrons. The first-order valence-electron chi connectivity index (χ1n) is 18.1. The van der Waals surface area contributed by atoms with E-state index in [0.717, 1.165) is 41.9 Å². The van der Waals surface area contributed by atoms with E-state index in [-0.39, 0.29) is 56.1 Å². The average molecular weight is 706 g/mol. The number of aliphatic hydroxyl groups excluding tert-OH is 2. The van der Waals surface area contributed by atoms with Crippen molar-refractivity contribution >= 4 is 29.1 Å². The number of hydrogen-bond donors (Lipinski definition) is 2. The minimum Gasteiger partial charge on any atom is -0.390 e. The van der Waals surface area contributed by atoms with Crippen LogP contribution in [0.1, 0.15) is 87.9 Å². The molecule has 1 fully saturated rings. The number of nitrogens with zero attached hydrogens (tertiary/aromatic N) is 5. The van der Waals surface area contributed by atoms with Crippen molar-refractivity contribution in [3.8, 4) is 0 Å². The standard InChI is InChI=1S/C39H55N5O5S/c1-29(2)24-34(45)39(49)33(25-30-12-6-4-7-13-30)44(27-35-41-21-23-50-35)37(47)18-17-36(46)43(26-31-14-8-5-9-15-31)28-38(48)42(3)22-19-32-16-10-11-20-40-32/h5,8-11,14-16,20-21,23,29-30,33-34,39,45,49H,4,6-7,12-13,17-19,22,24-28H2,1-3H3/t33-,34-,39+/m0/s1. The summed E-state index contributed by atoms with van der Waals surface area (Å²) >= 11 is 1.44. The van der Waals surface area contributed by atoms with E-state index < -0.39 is 18.2 Å². The van der Waals surface area contributed by atoms with E-state index >= 15 is 0 Å². The smallest absolute Gasteiger partial charge is 0.241 e. The van der Waals surface area contributed by atoms with Crippen molar-refractivity contribution in [2.24, 2.45) is 11.8 Å². The van der Waals surface area contributed by atoms with Gasteiger partial charge < -0.3 is 24.9 Å². The number of rotatable bonds is 19. The van der Waals surface area contributed by atoms with E-state index in [1.165, 1.54) is 22.7 Å². The second-order valence-electron chi connectivity index (χ2n) is 14.1. The van der Waals surface area contributed by atoms with Crippen LogP contribution in [0.15, 0.2) is 66.3 Å². The Morgan fingerprint density at radius 2 is 1.60 bits per heavy atom. The van der Waals surface area contributed by atoms with Crippen LogP contribution in [-0.4, -0.2) is 91.0 Å². The van der Waals surface area contributed by atoms with Gasteiger partial charge >= 0.3 is 0 Å². The lowest BCUT2D eigenvalue weighted by Gasteiger charge is -2.39. The normalized spacial score (nSPS) is 15.3. The Kier molecular flexibility index (Phi) is 15.8. The number of thiazole rings is 1. The Labute approximate surface area is 301 Å². The largest absolute Gasteiger partial charge is 0.390 e. The molecule has 0 bridgehead atoms. The Hall–Kier alpha value is -3.67. The zero-order chi connectivity index (χ0) is 35.9. The molecule has 0 spiro atoms. The van der Waals surface area contributed by atoms with Gasteiger partial charge in [-0.2, -0.15) is 0 Å². The first-order valence-corrected chi connectivity index (χ1v) is 19.0. The monoisotopic (exact) mass is 705 g/mol. The highest BCUT2D eigenvalue weighted by atomic mass is 32.1. The number of aromatic nitrogens is 2. The Balaban J connectivity index is 1.50. The predicted octanol–water partition coefficient (Wildman–Crippen LogP) is 5.48. The lowest BCUT2D eigenvalue weighted by Crippen LogP contribution is -2.52. The summed E-state index contributed by atoms with van der Waals surface area (Å²) < 4.78 is 0. The van der Waals surface area contributed by atoms with Crippen molar-refractivity contribution in [2.75, 3.05) is 20.1 Å². The summed E-state index contributed by atoms with van der Waals surface area (Å²) in [5.74, 6) is -0.263. The molecule has 1 saturated carbocycles. The molecule has 2 N–H and O–H groups in total. The first kappa shape index (κ1) is 39.1. The molecule has 0 aliphatic heterocycles. The lowest BCUT2D eigenvalue weighted by molar-refractivity contribution is -0.145. The van der Waals surface area contributed by atoms with Crippen molar-refractivity contribution in [2.45, 2.75) is 109 Å². The molecule has 3 atom stereocenters. The van der Waals surface area contributed by atoms with Crippen LogP contribution in [0.5, 0.6) is 0 Å². The number of likely N-dealkylation sites (N-methyl/N-ethyl adjacent to an activating group) is 1. The summed E-state index contributed by atoms with van der Waals surface area (Å²) in [5, 5.41) is 25.3. The van der Waals surface area contributed by atoms with Gasteiger partial charge in [-0.3, -0.25) is 19.4 Å². The lowest BCUT2D eigenvalue weighted by atomic mass is 9.82. The summed E-state index contributed by atoms with van der Waals surface area (Å²) in [6.45, 7) is 4.77. The van der Waals surface area contributed by atoms with Crippen molar-refractivity contribution in [1.29, 1.82) is 0 Å². The van der Waals surface area contributed by atoms with Gasteiger partial charge in [0.1, 0.15) is 17.7 Å². The van der Waals surface area contributed by atoms with Crippen LogP contribution < -0.4 is 0 Å². The molecule has 2 aromatic heterocycles. The van der Waals surface area contributed by atoms with Gasteiger partial charge in [0.25, 0.3) is 0 Å². The summed E-state index contributed by atoms with van der Waals surface area (Å²) in [6, 6.07) is 14.6. The predicted molar refractivity (Wildman–Crippen MR) is 196 cm³/mol. The number of amides is 3. The van der Waals surface area contributed by atoms with Gasteiger partial charge in [0.2, 0.25) is 17.7 Å². The summed E-state index contributed by atoms with van der Waals surface area (Å²) in [7, 11) is 1.72. The topological polar surface area (TPSA) is 127 Å². The molecule has 2 heterocycles. The SMILES string of the molecule is CC(C)C[C@H](O)[C@H](O)[C@H](CC1CCCCC1)N(Cc1nccs1)C(=O)CCC(=O)N(CC(=O)N(C)CCc1ccccn1)Cc1ccccc1. The second kappa shape index (κ2) is 20.2. The van der Waals surface area contributed by atoms with Crippen molar-refractivity contribution in [3.63, 3.8) is 0 Å². The van der Waals surface area contributed by atoms with Gasteiger partial charge in [-0.05, 0) is 42.4 Å². The van der Waals surface area contributed by atoms with Crippen molar-refractivity contribution < 1.29 is 24.6 Å². The second-order valence-corrected chi connectivity index (χ2v) is 15.0. The third-order valence-electron chi connectivity index (χ3n) is 9.61. The molecule has 1 aromatic carbocycles. The molecule has 0 saturated heterocycles. The molecule has 3 amide bonds. The molecule has 50 heavy (non-hydrogen) atoms. The van der Waals surface area contributed by atoms with Gasteiger partial charge in [0.15, 0.2) is 0 Å². The molecular weight excluding hydrogens is 651 g/mol. The van der Waals surface area contributed by atoms with Gasteiger partial charge in [-0.25, -0.2) is 4.98 Å². The maximum Gasteiger partial charge on any atom is 0.241 e. The number of carbonyl (C=O) groups excluding carboxylic acids is 3. The number of hydrogen-bond acceptors (Lipinski definition) is 8. The highest BCUT2D eigenvalue weighted by Crippen LogP contribution is 2.32. The zero-order valence-corrected chi connectivity index (χ0v) is 30.7. The molecule has 4 rings (SSSR count). The van der Waals surface area contributed by atoms with E-state index in [4.69, 9.17) is 0 Å². The number of pyridine rings is 1. The summed E-state index contributed by atoms with van der Waals surface area (Å²) in [6.07, 6.45) is 8.19. The fourth-order valence-electron chi connectivity index (χ4n) is 6.75. The van der Waals surface area contributed by atoms with Crippen molar-refractivity contribution in [3.05, 3.63) is 82.6 Å². The third-order valence-corrected chi connectivity index (χ3v) is 10.4. The minimum absolute atomic E-state index is 0.0899. The van der Waals surface area contributed by atoms with Gasteiger partial charge in [-0.1, -0.05) is 82.3 Å². The van der Waals surface area contributed by atoms with Crippen molar-refractivity contribution in [1.82, 2.24) is 24.7 Å². The van der Waals surface area contributed by atoms with E-state index in [1.54, 1.807) is 29.2 Å². The molecule has 1 aliphatic rings. The average Bonchev–Trinajstić information content (AvgIpc) is 3.64. The first-order chi connectivity index (χ1) is 24.1. The Morgan fingerprint density at radius 3 is 2.26 bits per heavy atom. The fraction of sp³-hybridized carbons (Fsp3) is 0.564. The highest BCUT2D eigenvalue weighted by molar-refractivity contribution is 7.09. The molecule has 0 radical (unpaired) electrons. The zero-order valence-electron chi connectivity index (χ0n) is 29.9.